The molecule has 1 aromatic carbocycles. The first-order valence-electron chi connectivity index (χ1n) is 10.2. The van der Waals surface area contributed by atoms with Crippen molar-refractivity contribution < 1.29 is 22.7 Å². The maximum Gasteiger partial charge on any atom is 0.419 e. The predicted octanol–water partition coefficient (Wildman–Crippen LogP) is 3.78. The summed E-state index contributed by atoms with van der Waals surface area (Å²) in [5, 5.41) is 11.2. The Hall–Kier alpha value is -2.49. The van der Waals surface area contributed by atoms with Crippen LogP contribution in [-0.4, -0.2) is 52.8 Å². The van der Waals surface area contributed by atoms with E-state index in [0.717, 1.165) is 24.0 Å². The van der Waals surface area contributed by atoms with Gasteiger partial charge in [0.2, 0.25) is 0 Å². The number of carbonyl (C=O) groups excluding carboxylic acids is 1. The monoisotopic (exact) mass is 452 g/mol. The molecule has 0 saturated carbocycles. The summed E-state index contributed by atoms with van der Waals surface area (Å²) in [5.41, 5.74) is -0.476. The van der Waals surface area contributed by atoms with Gasteiger partial charge >= 0.3 is 6.18 Å². The lowest BCUT2D eigenvalue weighted by Crippen LogP contribution is -2.39. The van der Waals surface area contributed by atoms with Gasteiger partial charge in [0.1, 0.15) is 11.9 Å². The van der Waals surface area contributed by atoms with Crippen LogP contribution in [0.15, 0.2) is 36.4 Å². The third-order valence-electron chi connectivity index (χ3n) is 5.40. The summed E-state index contributed by atoms with van der Waals surface area (Å²) in [6.07, 6.45) is -2.66. The number of alkyl halides is 3. The molecule has 1 N–H and O–H groups in total. The first-order valence-corrected chi connectivity index (χ1v) is 11.4. The van der Waals surface area contributed by atoms with E-state index in [1.807, 2.05) is 16.7 Å². The number of amides is 1. The fourth-order valence-electron chi connectivity index (χ4n) is 3.71. The second-order valence-corrected chi connectivity index (χ2v) is 8.76. The third kappa shape index (κ3) is 5.41. The summed E-state index contributed by atoms with van der Waals surface area (Å²) in [5.74, 6) is 2.26. The van der Waals surface area contributed by atoms with Crippen molar-refractivity contribution in [1.82, 2.24) is 15.5 Å². The number of para-hydroxylation sites is 1. The van der Waals surface area contributed by atoms with Gasteiger partial charge in [-0.1, -0.05) is 12.1 Å². The van der Waals surface area contributed by atoms with Crippen molar-refractivity contribution in [3.05, 3.63) is 47.7 Å². The van der Waals surface area contributed by atoms with Crippen LogP contribution in [0.2, 0.25) is 0 Å². The minimum Gasteiger partial charge on any atom is -0.490 e. The molecule has 1 aromatic heterocycles. The maximum absolute atomic E-state index is 13.2. The highest BCUT2D eigenvalue weighted by Gasteiger charge is 2.35. The molecule has 0 bridgehead atoms. The third-order valence-corrected chi connectivity index (χ3v) is 6.56. The molecule has 1 unspecified atom stereocenters. The molecule has 2 fully saturated rings. The molecule has 31 heavy (non-hydrogen) atoms. The lowest BCUT2D eigenvalue weighted by Gasteiger charge is -2.33. The van der Waals surface area contributed by atoms with Gasteiger partial charge in [0.25, 0.3) is 5.91 Å². The number of aromatic nitrogens is 2. The predicted molar refractivity (Wildman–Crippen MR) is 113 cm³/mol. The average Bonchev–Trinajstić information content (AvgIpc) is 3.27. The Morgan fingerprint density at radius 1 is 1.10 bits per heavy atom. The number of carbonyl (C=O) groups is 1. The zero-order chi connectivity index (χ0) is 21.8. The quantitative estimate of drug-likeness (QED) is 0.745. The normalized spacial score (nSPS) is 20.0. The molecule has 10 heteroatoms. The Labute approximate surface area is 182 Å². The summed E-state index contributed by atoms with van der Waals surface area (Å²) in [6.45, 7) is 1.16. The molecular formula is C21H23F3N4O2S. The number of nitrogens with one attached hydrogen (secondary N) is 1. The average molecular weight is 453 g/mol. The molecule has 2 aliphatic heterocycles. The number of hydrogen-bond acceptors (Lipinski definition) is 6. The van der Waals surface area contributed by atoms with Gasteiger partial charge in [0, 0.05) is 37.7 Å². The van der Waals surface area contributed by atoms with Gasteiger partial charge in [-0.25, -0.2) is 0 Å². The van der Waals surface area contributed by atoms with E-state index in [4.69, 9.17) is 4.74 Å². The van der Waals surface area contributed by atoms with Gasteiger partial charge in [-0.05, 0) is 36.4 Å². The van der Waals surface area contributed by atoms with E-state index < -0.39 is 11.7 Å². The number of rotatable bonds is 5. The Morgan fingerprint density at radius 2 is 1.87 bits per heavy atom. The van der Waals surface area contributed by atoms with Crippen molar-refractivity contribution in [3.8, 4) is 5.75 Å². The van der Waals surface area contributed by atoms with Crippen LogP contribution >= 0.6 is 11.8 Å². The van der Waals surface area contributed by atoms with Crippen LogP contribution in [0, 0.1) is 0 Å². The van der Waals surface area contributed by atoms with Crippen molar-refractivity contribution in [2.75, 3.05) is 29.5 Å². The molecule has 0 radical (unpaired) electrons. The fraction of sp³-hybridized carbons (Fsp3) is 0.476. The Kier molecular flexibility index (Phi) is 6.54. The molecule has 6 nitrogen and oxygen atoms in total. The second-order valence-electron chi connectivity index (χ2n) is 7.61. The van der Waals surface area contributed by atoms with Crippen LogP contribution in [0.5, 0.6) is 5.75 Å². The highest BCUT2D eigenvalue weighted by Crippen LogP contribution is 2.37. The van der Waals surface area contributed by atoms with Crippen molar-refractivity contribution in [2.45, 2.75) is 37.6 Å². The summed E-state index contributed by atoms with van der Waals surface area (Å²) >= 11 is 1.82. The Morgan fingerprint density at radius 3 is 2.52 bits per heavy atom. The minimum atomic E-state index is -4.45. The van der Waals surface area contributed by atoms with Gasteiger partial charge in [-0.2, -0.15) is 24.9 Å². The number of ether oxygens (including phenoxy) is 1. The number of anilines is 1. The topological polar surface area (TPSA) is 67.4 Å². The molecule has 2 aliphatic rings. The maximum atomic E-state index is 13.2. The molecule has 0 spiro atoms. The smallest absolute Gasteiger partial charge is 0.419 e. The van der Waals surface area contributed by atoms with Crippen LogP contribution in [0.4, 0.5) is 19.0 Å². The zero-order valence-electron chi connectivity index (χ0n) is 16.8. The number of piperidine rings is 1. The van der Waals surface area contributed by atoms with E-state index in [-0.39, 0.29) is 29.5 Å². The summed E-state index contributed by atoms with van der Waals surface area (Å²) in [4.78, 5) is 14.3. The molecule has 4 rings (SSSR count). The van der Waals surface area contributed by atoms with Gasteiger partial charge in [-0.15, -0.1) is 10.2 Å². The van der Waals surface area contributed by atoms with E-state index in [1.165, 1.54) is 12.1 Å². The highest BCUT2D eigenvalue weighted by atomic mass is 32.2. The van der Waals surface area contributed by atoms with Crippen molar-refractivity contribution in [1.29, 1.82) is 0 Å². The molecule has 2 saturated heterocycles. The standard InChI is InChI=1S/C21H23F3N4O2S/c22-21(23,24)16-3-1-2-4-18(16)30-15-7-10-28(11-8-15)19-6-5-17(26-27-19)20(29)25-14-9-12-31-13-14/h1-6,14-15H,7-13H2,(H,25,29). The van der Waals surface area contributed by atoms with E-state index >= 15 is 0 Å². The van der Waals surface area contributed by atoms with E-state index in [0.29, 0.717) is 31.7 Å². The van der Waals surface area contributed by atoms with Crippen LogP contribution in [-0.2, 0) is 6.18 Å². The Balaban J connectivity index is 1.31. The van der Waals surface area contributed by atoms with Gasteiger partial charge in [0.15, 0.2) is 11.5 Å². The number of thioether (sulfide) groups is 1. The van der Waals surface area contributed by atoms with E-state index in [1.54, 1.807) is 18.2 Å². The molecular weight excluding hydrogens is 429 g/mol. The summed E-state index contributed by atoms with van der Waals surface area (Å²) in [6, 6.07) is 8.87. The number of halogens is 3. The number of hydrogen-bond donors (Lipinski definition) is 1. The lowest BCUT2D eigenvalue weighted by molar-refractivity contribution is -0.139. The second kappa shape index (κ2) is 9.33. The largest absolute Gasteiger partial charge is 0.490 e. The SMILES string of the molecule is O=C(NC1CCSC1)c1ccc(N2CCC(Oc3ccccc3C(F)(F)F)CC2)nn1. The highest BCUT2D eigenvalue weighted by molar-refractivity contribution is 7.99. The summed E-state index contributed by atoms with van der Waals surface area (Å²) < 4.78 is 45.1. The lowest BCUT2D eigenvalue weighted by atomic mass is 10.1. The van der Waals surface area contributed by atoms with Crippen LogP contribution < -0.4 is 15.0 Å². The number of nitrogens with zero attached hydrogens (tertiary/aromatic N) is 3. The first kappa shape index (κ1) is 21.7. The molecule has 1 atom stereocenters. The van der Waals surface area contributed by atoms with Gasteiger partial charge in [-0.3, -0.25) is 4.79 Å². The number of benzene rings is 1. The van der Waals surface area contributed by atoms with Crippen LogP contribution in [0.3, 0.4) is 0 Å². The van der Waals surface area contributed by atoms with Gasteiger partial charge < -0.3 is 15.0 Å². The zero-order valence-corrected chi connectivity index (χ0v) is 17.6. The van der Waals surface area contributed by atoms with Crippen molar-refractivity contribution in [2.24, 2.45) is 0 Å². The molecule has 0 aliphatic carbocycles. The molecule has 2 aromatic rings. The van der Waals surface area contributed by atoms with Crippen molar-refractivity contribution >= 4 is 23.5 Å². The summed E-state index contributed by atoms with van der Waals surface area (Å²) in [7, 11) is 0. The van der Waals surface area contributed by atoms with Crippen LogP contribution in [0.1, 0.15) is 35.3 Å². The van der Waals surface area contributed by atoms with Crippen molar-refractivity contribution in [3.63, 3.8) is 0 Å². The first-order chi connectivity index (χ1) is 14.9. The van der Waals surface area contributed by atoms with Crippen LogP contribution in [0.25, 0.3) is 0 Å². The van der Waals surface area contributed by atoms with E-state index in [9.17, 15) is 18.0 Å². The molecule has 1 amide bonds. The fourth-order valence-corrected chi connectivity index (χ4v) is 4.86. The van der Waals surface area contributed by atoms with E-state index in [2.05, 4.69) is 15.5 Å². The molecule has 3 heterocycles. The van der Waals surface area contributed by atoms with Gasteiger partial charge in [0.05, 0.1) is 5.56 Å². The Bertz CT molecular complexity index is 896. The minimum absolute atomic E-state index is 0.135. The molecule has 166 valence electrons.